The highest BCUT2D eigenvalue weighted by atomic mass is 16.5. The molecule has 16 heavy (non-hydrogen) atoms. The molecule has 1 aromatic carbocycles. The fourth-order valence-electron chi connectivity index (χ4n) is 1.48. The van der Waals surface area contributed by atoms with Crippen LogP contribution in [0.25, 0.3) is 0 Å². The maximum absolute atomic E-state index is 9.56. The van der Waals surface area contributed by atoms with Crippen molar-refractivity contribution < 1.29 is 9.84 Å². The second kappa shape index (κ2) is 4.00. The van der Waals surface area contributed by atoms with Crippen LogP contribution in [0.1, 0.15) is 0 Å². The lowest BCUT2D eigenvalue weighted by Crippen LogP contribution is -2.59. The van der Waals surface area contributed by atoms with Crippen LogP contribution in [0.4, 0.5) is 0 Å². The van der Waals surface area contributed by atoms with Gasteiger partial charge in [0.1, 0.15) is 5.66 Å². The van der Waals surface area contributed by atoms with Crippen LogP contribution in [0.5, 0.6) is 11.5 Å². The van der Waals surface area contributed by atoms with Gasteiger partial charge in [-0.2, -0.15) is 0 Å². The average Bonchev–Trinajstić information content (AvgIpc) is 2.24. The van der Waals surface area contributed by atoms with Gasteiger partial charge in [-0.15, -0.1) is 0 Å². The van der Waals surface area contributed by atoms with Gasteiger partial charge in [0.05, 0.1) is 0 Å². The van der Waals surface area contributed by atoms with Crippen LogP contribution in [0, 0.1) is 0 Å². The third kappa shape index (κ3) is 2.08. The number of rotatable bonds is 2. The summed E-state index contributed by atoms with van der Waals surface area (Å²) in [5.74, 6) is 0.439. The van der Waals surface area contributed by atoms with E-state index in [4.69, 9.17) is 16.2 Å². The normalized spacial score (nSPS) is 22.0. The molecule has 1 aliphatic carbocycles. The summed E-state index contributed by atoms with van der Waals surface area (Å²) in [7, 11) is 0. The highest BCUT2D eigenvalue weighted by Crippen LogP contribution is 2.27. The smallest absolute Gasteiger partial charge is 0.162 e. The summed E-state index contributed by atoms with van der Waals surface area (Å²) in [6.45, 7) is 0. The zero-order valence-electron chi connectivity index (χ0n) is 8.71. The van der Waals surface area contributed by atoms with E-state index in [-0.39, 0.29) is 5.75 Å². The Balaban J connectivity index is 2.19. The second-order valence-corrected chi connectivity index (χ2v) is 3.75. The first-order valence-electron chi connectivity index (χ1n) is 4.98. The maximum Gasteiger partial charge on any atom is 0.162 e. The molecule has 1 atom stereocenters. The van der Waals surface area contributed by atoms with Crippen molar-refractivity contribution in [1.82, 2.24) is 0 Å². The number of ether oxygens (including phenoxy) is 1. The Morgan fingerprint density at radius 1 is 1.19 bits per heavy atom. The molecule has 0 aliphatic heterocycles. The van der Waals surface area contributed by atoms with Gasteiger partial charge in [-0.1, -0.05) is 24.3 Å². The molecule has 5 N–H and O–H groups in total. The Hall–Kier alpha value is -1.78. The van der Waals surface area contributed by atoms with E-state index in [9.17, 15) is 5.11 Å². The molecule has 0 saturated heterocycles. The van der Waals surface area contributed by atoms with E-state index in [1.807, 2.05) is 6.08 Å². The molecule has 0 spiro atoms. The Labute approximate surface area is 93.8 Å². The molecule has 0 aromatic heterocycles. The Kier molecular flexibility index (Phi) is 2.68. The summed E-state index contributed by atoms with van der Waals surface area (Å²) in [5.41, 5.74) is 10.6. The van der Waals surface area contributed by atoms with Gasteiger partial charge in [0.2, 0.25) is 0 Å². The van der Waals surface area contributed by atoms with Gasteiger partial charge in [-0.05, 0) is 24.3 Å². The molecule has 0 saturated carbocycles. The number of phenolic OH excluding ortho intramolecular Hbond substituents is 1. The lowest BCUT2D eigenvalue weighted by atomic mass is 10.00. The topological polar surface area (TPSA) is 81.5 Å². The van der Waals surface area contributed by atoms with E-state index in [2.05, 4.69) is 0 Å². The number of hydrogen-bond donors (Lipinski definition) is 3. The highest BCUT2D eigenvalue weighted by Gasteiger charge is 2.30. The van der Waals surface area contributed by atoms with Gasteiger partial charge < -0.3 is 21.3 Å². The summed E-state index contributed by atoms with van der Waals surface area (Å²) in [4.78, 5) is 0. The predicted octanol–water partition coefficient (Wildman–Crippen LogP) is 0.879. The van der Waals surface area contributed by atoms with Crippen molar-refractivity contribution in [2.45, 2.75) is 11.8 Å². The van der Waals surface area contributed by atoms with Crippen LogP contribution in [0.15, 0.2) is 48.6 Å². The lowest BCUT2D eigenvalue weighted by Gasteiger charge is -2.31. The fourth-order valence-corrected chi connectivity index (χ4v) is 1.48. The Morgan fingerprint density at radius 2 is 1.94 bits per heavy atom. The molecule has 0 radical (unpaired) electrons. The lowest BCUT2D eigenvalue weighted by molar-refractivity contribution is 0.174. The Bertz CT molecular complexity index is 438. The van der Waals surface area contributed by atoms with Gasteiger partial charge >= 0.3 is 0 Å². The summed E-state index contributed by atoms with van der Waals surface area (Å²) in [6, 6.07) is 6.70. The zero-order chi connectivity index (χ0) is 11.6. The second-order valence-electron chi connectivity index (χ2n) is 3.75. The van der Waals surface area contributed by atoms with Crippen molar-refractivity contribution in [2.75, 3.05) is 0 Å². The van der Waals surface area contributed by atoms with Crippen molar-refractivity contribution >= 4 is 0 Å². The molecular formula is C12H14N2O2. The summed E-state index contributed by atoms with van der Waals surface area (Å²) in [6.07, 6.45) is 6.50. The van der Waals surface area contributed by atoms with E-state index in [1.54, 1.807) is 42.5 Å². The molecule has 0 heterocycles. The van der Waals surface area contributed by atoms with Gasteiger partial charge in [0.25, 0.3) is 0 Å². The Morgan fingerprint density at radius 3 is 2.62 bits per heavy atom. The van der Waals surface area contributed by atoms with Crippen LogP contribution in [0.2, 0.25) is 0 Å². The molecular weight excluding hydrogens is 204 g/mol. The SMILES string of the molecule is NC1(N)C=CC=CC1Oc1ccccc1O. The molecule has 4 nitrogen and oxygen atoms in total. The fraction of sp³-hybridized carbons (Fsp3) is 0.167. The monoisotopic (exact) mass is 218 g/mol. The first kappa shape index (κ1) is 10.7. The van der Waals surface area contributed by atoms with E-state index < -0.39 is 11.8 Å². The standard InChI is InChI=1S/C12H14N2O2/c13-12(14)8-4-3-7-11(12)16-10-6-2-1-5-9(10)15/h1-8,11,15H,13-14H2. The molecule has 0 bridgehead atoms. The van der Waals surface area contributed by atoms with Crippen LogP contribution >= 0.6 is 0 Å². The van der Waals surface area contributed by atoms with Crippen LogP contribution in [0.3, 0.4) is 0 Å². The van der Waals surface area contributed by atoms with Crippen LogP contribution in [-0.4, -0.2) is 16.9 Å². The minimum Gasteiger partial charge on any atom is -0.504 e. The van der Waals surface area contributed by atoms with Crippen molar-refractivity contribution in [3.63, 3.8) is 0 Å². The third-order valence-electron chi connectivity index (χ3n) is 2.39. The number of aromatic hydroxyl groups is 1. The highest BCUT2D eigenvalue weighted by molar-refractivity contribution is 5.39. The quantitative estimate of drug-likeness (QED) is 0.643. The van der Waals surface area contributed by atoms with Gasteiger partial charge in [0.15, 0.2) is 17.6 Å². The van der Waals surface area contributed by atoms with Crippen LogP contribution < -0.4 is 16.2 Å². The number of para-hydroxylation sites is 2. The van der Waals surface area contributed by atoms with Crippen molar-refractivity contribution in [3.05, 3.63) is 48.6 Å². The van der Waals surface area contributed by atoms with Crippen molar-refractivity contribution in [3.8, 4) is 11.5 Å². The largest absolute Gasteiger partial charge is 0.504 e. The first-order valence-corrected chi connectivity index (χ1v) is 4.98. The molecule has 1 unspecified atom stereocenters. The van der Waals surface area contributed by atoms with E-state index in [1.165, 1.54) is 0 Å². The average molecular weight is 218 g/mol. The number of hydrogen-bond acceptors (Lipinski definition) is 4. The third-order valence-corrected chi connectivity index (χ3v) is 2.39. The minimum atomic E-state index is -1.06. The molecule has 1 aromatic rings. The molecule has 1 aliphatic rings. The van der Waals surface area contributed by atoms with Gasteiger partial charge in [-0.3, -0.25) is 0 Å². The molecule has 0 amide bonds. The number of phenols is 1. The zero-order valence-corrected chi connectivity index (χ0v) is 8.71. The number of nitrogens with two attached hydrogens (primary N) is 2. The van der Waals surface area contributed by atoms with E-state index in [0.717, 1.165) is 0 Å². The molecule has 84 valence electrons. The molecule has 4 heteroatoms. The molecule has 0 fully saturated rings. The molecule has 2 rings (SSSR count). The van der Waals surface area contributed by atoms with Gasteiger partial charge in [-0.25, -0.2) is 0 Å². The minimum absolute atomic E-state index is 0.0706. The van der Waals surface area contributed by atoms with Gasteiger partial charge in [0, 0.05) is 0 Å². The first-order chi connectivity index (χ1) is 7.59. The number of allylic oxidation sites excluding steroid dienone is 2. The summed E-state index contributed by atoms with van der Waals surface area (Å²) in [5, 5.41) is 9.56. The number of benzene rings is 1. The predicted molar refractivity (Wildman–Crippen MR) is 61.9 cm³/mol. The maximum atomic E-state index is 9.56. The summed E-state index contributed by atoms with van der Waals surface area (Å²) >= 11 is 0. The van der Waals surface area contributed by atoms with Crippen LogP contribution in [-0.2, 0) is 0 Å². The van der Waals surface area contributed by atoms with E-state index in [0.29, 0.717) is 5.75 Å². The van der Waals surface area contributed by atoms with Crippen molar-refractivity contribution in [1.29, 1.82) is 0 Å². The summed E-state index contributed by atoms with van der Waals surface area (Å²) < 4.78 is 5.56. The van der Waals surface area contributed by atoms with Crippen molar-refractivity contribution in [2.24, 2.45) is 11.5 Å². The van der Waals surface area contributed by atoms with E-state index >= 15 is 0 Å².